The summed E-state index contributed by atoms with van der Waals surface area (Å²) in [6.07, 6.45) is 2.09. The van der Waals surface area contributed by atoms with Gasteiger partial charge in [0.1, 0.15) is 0 Å². The van der Waals surface area contributed by atoms with Crippen molar-refractivity contribution in [1.82, 2.24) is 10.6 Å². The highest BCUT2D eigenvalue weighted by Crippen LogP contribution is 2.18. The molecular weight excluding hydrogens is 242 g/mol. The van der Waals surface area contributed by atoms with E-state index in [4.69, 9.17) is 0 Å². The van der Waals surface area contributed by atoms with Crippen LogP contribution in [0, 0.1) is 0 Å². The third-order valence-corrected chi connectivity index (χ3v) is 2.89. The summed E-state index contributed by atoms with van der Waals surface area (Å²) in [5.41, 5.74) is 1.34. The van der Waals surface area contributed by atoms with Gasteiger partial charge in [-0.25, -0.2) is 0 Å². The summed E-state index contributed by atoms with van der Waals surface area (Å²) < 4.78 is 0. The fourth-order valence-corrected chi connectivity index (χ4v) is 1.79. The molecule has 0 aliphatic heterocycles. The van der Waals surface area contributed by atoms with Gasteiger partial charge in [0.15, 0.2) is 0 Å². The monoisotopic (exact) mass is 261 g/mol. The summed E-state index contributed by atoms with van der Waals surface area (Å²) >= 11 is 0. The molecule has 1 aromatic rings. The Morgan fingerprint density at radius 1 is 1.26 bits per heavy atom. The molecule has 0 atom stereocenters. The second kappa shape index (κ2) is 6.22. The average Bonchev–Trinajstić information content (AvgIpc) is 3.21. The van der Waals surface area contributed by atoms with Crippen molar-refractivity contribution >= 4 is 17.5 Å². The number of rotatable bonds is 6. The van der Waals surface area contributed by atoms with Crippen LogP contribution in [0.15, 0.2) is 24.3 Å². The Morgan fingerprint density at radius 3 is 2.68 bits per heavy atom. The lowest BCUT2D eigenvalue weighted by Gasteiger charge is -2.10. The van der Waals surface area contributed by atoms with Crippen LogP contribution < -0.4 is 16.0 Å². The molecular formula is C14H19N3O2. The van der Waals surface area contributed by atoms with E-state index >= 15 is 0 Å². The Kier molecular flexibility index (Phi) is 4.39. The molecule has 1 aliphatic rings. The number of carbonyl (C=O) groups is 2. The number of para-hydroxylation sites is 1. The van der Waals surface area contributed by atoms with E-state index in [1.165, 1.54) is 0 Å². The quantitative estimate of drug-likeness (QED) is 0.719. The number of amides is 2. The maximum absolute atomic E-state index is 12.0. The lowest BCUT2D eigenvalue weighted by atomic mass is 10.1. The number of nitrogens with one attached hydrogen (secondary N) is 3. The van der Waals surface area contributed by atoms with Crippen molar-refractivity contribution < 1.29 is 9.59 Å². The first kappa shape index (κ1) is 13.4. The number of carbonyl (C=O) groups excluding carboxylic acids is 2. The lowest BCUT2D eigenvalue weighted by molar-refractivity contribution is -0.120. The van der Waals surface area contributed by atoms with Crippen LogP contribution in [-0.4, -0.2) is 30.9 Å². The SMILES string of the molecule is CCNc1ccccc1C(=O)NCC(=O)NC1CC1. The van der Waals surface area contributed by atoms with E-state index in [-0.39, 0.29) is 18.4 Å². The van der Waals surface area contributed by atoms with Gasteiger partial charge in [-0.3, -0.25) is 9.59 Å². The maximum Gasteiger partial charge on any atom is 0.253 e. The molecule has 0 bridgehead atoms. The molecule has 102 valence electrons. The minimum atomic E-state index is -0.234. The molecule has 5 heteroatoms. The number of hydrogen-bond donors (Lipinski definition) is 3. The molecule has 0 spiro atoms. The fourth-order valence-electron chi connectivity index (χ4n) is 1.79. The van der Waals surface area contributed by atoms with Crippen LogP contribution in [0.3, 0.4) is 0 Å². The van der Waals surface area contributed by atoms with Gasteiger partial charge in [0, 0.05) is 18.3 Å². The van der Waals surface area contributed by atoms with Gasteiger partial charge in [-0.05, 0) is 31.9 Å². The van der Waals surface area contributed by atoms with Crippen LogP contribution in [-0.2, 0) is 4.79 Å². The fraction of sp³-hybridized carbons (Fsp3) is 0.429. The molecule has 5 nitrogen and oxygen atoms in total. The van der Waals surface area contributed by atoms with Crippen molar-refractivity contribution in [2.75, 3.05) is 18.4 Å². The lowest BCUT2D eigenvalue weighted by Crippen LogP contribution is -2.38. The minimum Gasteiger partial charge on any atom is -0.385 e. The number of anilines is 1. The Balaban J connectivity index is 1.89. The van der Waals surface area contributed by atoms with E-state index < -0.39 is 0 Å². The van der Waals surface area contributed by atoms with Gasteiger partial charge in [-0.1, -0.05) is 12.1 Å². The number of benzene rings is 1. The standard InChI is InChI=1S/C14H19N3O2/c1-2-15-12-6-4-3-5-11(12)14(19)16-9-13(18)17-10-7-8-10/h3-6,10,15H,2,7-9H2,1H3,(H,16,19)(H,17,18). The molecule has 1 aliphatic carbocycles. The van der Waals surface area contributed by atoms with Gasteiger partial charge < -0.3 is 16.0 Å². The van der Waals surface area contributed by atoms with Crippen LogP contribution in [0.2, 0.25) is 0 Å². The van der Waals surface area contributed by atoms with E-state index in [0.717, 1.165) is 25.1 Å². The zero-order chi connectivity index (χ0) is 13.7. The van der Waals surface area contributed by atoms with Crippen LogP contribution in [0.4, 0.5) is 5.69 Å². The first-order valence-corrected chi connectivity index (χ1v) is 6.61. The van der Waals surface area contributed by atoms with Crippen molar-refractivity contribution in [2.45, 2.75) is 25.8 Å². The van der Waals surface area contributed by atoms with Gasteiger partial charge in [0.05, 0.1) is 12.1 Å². The molecule has 1 saturated carbocycles. The third kappa shape index (κ3) is 3.98. The molecule has 0 radical (unpaired) electrons. The van der Waals surface area contributed by atoms with Gasteiger partial charge in [0.25, 0.3) is 5.91 Å². The van der Waals surface area contributed by atoms with Crippen molar-refractivity contribution in [3.05, 3.63) is 29.8 Å². The van der Waals surface area contributed by atoms with E-state index in [2.05, 4.69) is 16.0 Å². The largest absolute Gasteiger partial charge is 0.385 e. The van der Waals surface area contributed by atoms with Crippen molar-refractivity contribution in [3.8, 4) is 0 Å². The van der Waals surface area contributed by atoms with Gasteiger partial charge in [-0.2, -0.15) is 0 Å². The molecule has 0 aromatic heterocycles. The molecule has 2 rings (SSSR count). The molecule has 3 N–H and O–H groups in total. The van der Waals surface area contributed by atoms with Crippen molar-refractivity contribution in [2.24, 2.45) is 0 Å². The van der Waals surface area contributed by atoms with Gasteiger partial charge in [0.2, 0.25) is 5.91 Å². The molecule has 0 heterocycles. The molecule has 1 fully saturated rings. The van der Waals surface area contributed by atoms with Gasteiger partial charge in [-0.15, -0.1) is 0 Å². The second-order valence-electron chi connectivity index (χ2n) is 4.60. The van der Waals surface area contributed by atoms with E-state index in [1.807, 2.05) is 19.1 Å². The predicted molar refractivity (Wildman–Crippen MR) is 74.1 cm³/mol. The van der Waals surface area contributed by atoms with Crippen molar-refractivity contribution in [3.63, 3.8) is 0 Å². The van der Waals surface area contributed by atoms with Crippen LogP contribution in [0.25, 0.3) is 0 Å². The Morgan fingerprint density at radius 2 is 2.00 bits per heavy atom. The summed E-state index contributed by atoms with van der Waals surface area (Å²) in [7, 11) is 0. The Hall–Kier alpha value is -2.04. The normalized spacial score (nSPS) is 13.7. The average molecular weight is 261 g/mol. The van der Waals surface area contributed by atoms with E-state index in [0.29, 0.717) is 11.6 Å². The highest BCUT2D eigenvalue weighted by molar-refractivity contribution is 6.01. The second-order valence-corrected chi connectivity index (χ2v) is 4.60. The first-order valence-electron chi connectivity index (χ1n) is 6.61. The Bertz CT molecular complexity index is 470. The summed E-state index contributed by atoms with van der Waals surface area (Å²) in [5, 5.41) is 8.60. The third-order valence-electron chi connectivity index (χ3n) is 2.89. The predicted octanol–water partition coefficient (Wildman–Crippen LogP) is 1.13. The first-order chi connectivity index (χ1) is 9.20. The maximum atomic E-state index is 12.0. The molecule has 0 saturated heterocycles. The molecule has 2 amide bonds. The number of hydrogen-bond acceptors (Lipinski definition) is 3. The molecule has 1 aromatic carbocycles. The van der Waals surface area contributed by atoms with Crippen LogP contribution in [0.1, 0.15) is 30.1 Å². The van der Waals surface area contributed by atoms with E-state index in [1.54, 1.807) is 12.1 Å². The Labute approximate surface area is 112 Å². The zero-order valence-electron chi connectivity index (χ0n) is 11.0. The summed E-state index contributed by atoms with van der Waals surface area (Å²) in [4.78, 5) is 23.5. The molecule has 0 unspecified atom stereocenters. The van der Waals surface area contributed by atoms with E-state index in [9.17, 15) is 9.59 Å². The summed E-state index contributed by atoms with van der Waals surface area (Å²) in [5.74, 6) is -0.362. The van der Waals surface area contributed by atoms with Crippen molar-refractivity contribution in [1.29, 1.82) is 0 Å². The topological polar surface area (TPSA) is 70.2 Å². The smallest absolute Gasteiger partial charge is 0.253 e. The highest BCUT2D eigenvalue weighted by atomic mass is 16.2. The highest BCUT2D eigenvalue weighted by Gasteiger charge is 2.23. The van der Waals surface area contributed by atoms with Gasteiger partial charge >= 0.3 is 0 Å². The van der Waals surface area contributed by atoms with Crippen LogP contribution in [0.5, 0.6) is 0 Å². The zero-order valence-corrected chi connectivity index (χ0v) is 11.0. The van der Waals surface area contributed by atoms with Crippen LogP contribution >= 0.6 is 0 Å². The summed E-state index contributed by atoms with van der Waals surface area (Å²) in [6.45, 7) is 2.74. The minimum absolute atomic E-state index is 0.0236. The summed E-state index contributed by atoms with van der Waals surface area (Å²) in [6, 6.07) is 7.59. The molecule has 19 heavy (non-hydrogen) atoms.